The van der Waals surface area contributed by atoms with Gasteiger partial charge in [-0.2, -0.15) is 0 Å². The maximum absolute atomic E-state index is 15.2. The molecule has 542 valence electrons. The summed E-state index contributed by atoms with van der Waals surface area (Å²) < 4.78 is 2.93. The summed E-state index contributed by atoms with van der Waals surface area (Å²) >= 11 is 17.9. The summed E-state index contributed by atoms with van der Waals surface area (Å²) in [4.78, 5) is 147. The van der Waals surface area contributed by atoms with E-state index in [2.05, 4.69) is 94.9 Å². The number of hydrogen-bond donors (Lipinski definition) is 3. The normalized spacial score (nSPS) is 10.7. The van der Waals surface area contributed by atoms with Crippen LogP contribution in [0.1, 0.15) is 69.1 Å². The minimum atomic E-state index is -1.31. The first-order chi connectivity index (χ1) is 47.7. The molecule has 0 heterocycles. The van der Waals surface area contributed by atoms with Crippen LogP contribution in [-0.2, 0) is 0 Å². The van der Waals surface area contributed by atoms with Crippen LogP contribution in [0.25, 0.3) is 0 Å². The lowest BCUT2D eigenvalue weighted by Gasteiger charge is -2.39. The molecule has 12 amide bonds. The number of benzene rings is 3. The molecule has 3 aromatic rings. The molecule has 0 saturated carbocycles. The van der Waals surface area contributed by atoms with E-state index in [-0.39, 0.29) is 149 Å². The van der Waals surface area contributed by atoms with Crippen LogP contribution < -0.4 is 16.0 Å². The number of urea groups is 3. The first-order valence-electron chi connectivity index (χ1n) is 30.5. The molecule has 101 heavy (non-hydrogen) atoms. The van der Waals surface area contributed by atoms with Crippen molar-refractivity contribution in [1.29, 1.82) is 0 Å². The Bertz CT molecular complexity index is 3210. The summed E-state index contributed by atoms with van der Waals surface area (Å²) in [7, 11) is 4.54. The highest BCUT2D eigenvalue weighted by atomic mass is 127. The minimum Gasteiger partial charge on any atom is -0.331 e. The second kappa shape index (κ2) is 44.0. The highest BCUT2D eigenvalue weighted by Crippen LogP contribution is 2.41. The van der Waals surface area contributed by atoms with E-state index in [1.807, 2.05) is 203 Å². The van der Waals surface area contributed by atoms with Gasteiger partial charge >= 0.3 is 18.1 Å². The Kier molecular flexibility index (Phi) is 39.6. The lowest BCUT2D eigenvalue weighted by Crippen LogP contribution is -2.52. The predicted molar refractivity (Wildman–Crippen MR) is 485 cm³/mol. The molecule has 0 bridgehead atoms. The molecule has 0 aromatic heterocycles. The van der Waals surface area contributed by atoms with E-state index >= 15 is 14.4 Å². The SMILES string of the molecule is C=CCN(CC=C)C(=O)c1c(I)c(NC(=O)N(C)CC(C)(CN(C)C(=O)Nc2c(I)c(C(=O)N(CC=C)CC=C)c(I)c(C(=O)N(CC=C)CC=C)c2I)CN(C)C(=O)Nc2c(I)c(C(=O)N(CC=C)CC=C)c(I)c(C(=O)N(CC=C)CC=C)c2I)c(I)c(C(=O)N(CC=C)CC=C)c1I. The van der Waals surface area contributed by atoms with E-state index in [1.54, 1.807) is 79.8 Å². The van der Waals surface area contributed by atoms with Gasteiger partial charge in [-0.15, -0.1) is 78.9 Å². The first-order valence-corrected chi connectivity index (χ1v) is 40.2. The number of rotatable bonds is 39. The van der Waals surface area contributed by atoms with Gasteiger partial charge in [0.15, 0.2) is 0 Å². The molecule has 30 heteroatoms. The number of halogens is 9. The van der Waals surface area contributed by atoms with Gasteiger partial charge in [-0.1, -0.05) is 79.8 Å². The molecule has 0 spiro atoms. The van der Waals surface area contributed by atoms with Gasteiger partial charge in [-0.25, -0.2) is 14.4 Å². The highest BCUT2D eigenvalue weighted by Gasteiger charge is 2.39. The van der Waals surface area contributed by atoms with Crippen LogP contribution >= 0.6 is 203 Å². The van der Waals surface area contributed by atoms with Gasteiger partial charge in [0.1, 0.15) is 0 Å². The molecule has 0 unspecified atom stereocenters. The third-order valence-electron chi connectivity index (χ3n) is 14.7. The number of carbonyl (C=O) groups excluding carboxylic acids is 9. The smallest absolute Gasteiger partial charge is 0.321 e. The van der Waals surface area contributed by atoms with Crippen molar-refractivity contribution in [3.05, 3.63) is 217 Å². The van der Waals surface area contributed by atoms with Crippen molar-refractivity contribution in [2.75, 3.05) is 135 Å². The quantitative estimate of drug-likeness (QED) is 0.0365. The summed E-state index contributed by atoms with van der Waals surface area (Å²) in [6.45, 7) is 48.9. The molecule has 3 rings (SSSR count). The van der Waals surface area contributed by atoms with Crippen molar-refractivity contribution in [3.63, 3.8) is 0 Å². The number of hydrogen-bond acceptors (Lipinski definition) is 9. The van der Waals surface area contributed by atoms with Gasteiger partial charge < -0.3 is 60.0 Å². The van der Waals surface area contributed by atoms with Crippen molar-refractivity contribution in [3.8, 4) is 0 Å². The monoisotopic (exact) mass is 2390 g/mol. The lowest BCUT2D eigenvalue weighted by atomic mass is 9.88. The van der Waals surface area contributed by atoms with Crippen molar-refractivity contribution in [1.82, 2.24) is 44.1 Å². The van der Waals surface area contributed by atoms with Crippen molar-refractivity contribution in [2.45, 2.75) is 6.92 Å². The Hall–Kier alpha value is -4.26. The van der Waals surface area contributed by atoms with Gasteiger partial charge in [0.05, 0.1) is 71.9 Å². The molecule has 3 N–H and O–H groups in total. The standard InChI is InChI=1S/C71H81I9N12O9/c1-17-29-87(30-18-2)62(93)44-50(72)45(63(94)88(31-19-3)32-20-4)54(76)59(53(44)75)81-68(99)84(14)41-71(13,42-85(15)69(100)82-60-55(77)46(64(95)89(33-21-5)34-22-6)51(73)47(56(60)78)65(96)90(35-23-7)36-24-8)43-86(16)70(101)83-61-57(79)48(66(97)91(37-25-9)38-26-10)52(74)49(58(61)80)67(98)92(39-27-11)40-28-12/h17-28H,1-12,29-43H2,13-16H3,(H,81,99)(H,82,100)(H,83,101). The average Bonchev–Trinajstić information content (AvgIpc) is 0.772. The summed E-state index contributed by atoms with van der Waals surface area (Å²) in [6, 6.07) is -2.14. The van der Waals surface area contributed by atoms with Gasteiger partial charge in [0, 0.05) is 135 Å². The van der Waals surface area contributed by atoms with Gasteiger partial charge in [-0.05, 0) is 203 Å². The van der Waals surface area contributed by atoms with Crippen molar-refractivity contribution >= 4 is 274 Å². The zero-order valence-electron chi connectivity index (χ0n) is 56.6. The van der Waals surface area contributed by atoms with Gasteiger partial charge in [-0.3, -0.25) is 28.8 Å². The van der Waals surface area contributed by atoms with E-state index in [9.17, 15) is 28.8 Å². The maximum atomic E-state index is 15.2. The largest absolute Gasteiger partial charge is 0.331 e. The van der Waals surface area contributed by atoms with E-state index < -0.39 is 59.0 Å². The number of amides is 12. The fraction of sp³-hybridized carbons (Fsp3) is 0.282. The molecule has 0 aliphatic carbocycles. The Morgan fingerprint density at radius 1 is 0.277 bits per heavy atom. The third-order valence-corrected chi connectivity index (χ3v) is 24.5. The zero-order valence-corrected chi connectivity index (χ0v) is 76.0. The predicted octanol–water partition coefficient (Wildman–Crippen LogP) is 15.8. The highest BCUT2D eigenvalue weighted by molar-refractivity contribution is 14.1. The molecule has 0 saturated heterocycles. The molecule has 0 aliphatic rings. The van der Waals surface area contributed by atoms with E-state index in [0.29, 0.717) is 32.1 Å². The molecule has 21 nitrogen and oxygen atoms in total. The number of anilines is 3. The molecular formula is C71H81I9N12O9. The second-order valence-corrected chi connectivity index (χ2v) is 32.3. The van der Waals surface area contributed by atoms with Crippen LogP contribution in [0.2, 0.25) is 0 Å². The zero-order chi connectivity index (χ0) is 76.5. The van der Waals surface area contributed by atoms with Crippen LogP contribution in [0.3, 0.4) is 0 Å². The topological polar surface area (TPSA) is 219 Å². The van der Waals surface area contributed by atoms with Crippen LogP contribution in [0.15, 0.2) is 152 Å². The molecule has 3 aromatic carbocycles. The summed E-state index contributed by atoms with van der Waals surface area (Å²) in [6.07, 6.45) is 18.8. The van der Waals surface area contributed by atoms with Crippen LogP contribution in [-0.4, -0.2) is 217 Å². The summed E-state index contributed by atoms with van der Waals surface area (Å²) in [5.74, 6) is -2.77. The van der Waals surface area contributed by atoms with Crippen LogP contribution in [0.5, 0.6) is 0 Å². The van der Waals surface area contributed by atoms with Gasteiger partial charge in [0.2, 0.25) is 0 Å². The third kappa shape index (κ3) is 23.1. The van der Waals surface area contributed by atoms with Crippen LogP contribution in [0, 0.1) is 37.5 Å². The van der Waals surface area contributed by atoms with Crippen LogP contribution in [0.4, 0.5) is 31.4 Å². The maximum Gasteiger partial charge on any atom is 0.321 e. The fourth-order valence-electron chi connectivity index (χ4n) is 10.4. The summed E-state index contributed by atoms with van der Waals surface area (Å²) in [5, 5.41) is 9.05. The molecule has 0 fully saturated rings. The Morgan fingerprint density at radius 2 is 0.406 bits per heavy atom. The number of nitrogens with one attached hydrogen (secondary N) is 3. The van der Waals surface area contributed by atoms with E-state index in [4.69, 9.17) is 0 Å². The first kappa shape index (κ1) is 91.0. The molecular weight excluding hydrogens is 2310 g/mol. The Morgan fingerprint density at radius 3 is 0.525 bits per heavy atom. The number of nitrogens with zero attached hydrogens (tertiary/aromatic N) is 9. The molecule has 0 radical (unpaired) electrons. The Labute approximate surface area is 716 Å². The van der Waals surface area contributed by atoms with Crippen molar-refractivity contribution in [2.24, 2.45) is 5.41 Å². The minimum absolute atomic E-state index is 0.133. The lowest BCUT2D eigenvalue weighted by molar-refractivity contribution is 0.0771. The Balaban J connectivity index is 2.48. The summed E-state index contributed by atoms with van der Waals surface area (Å²) in [5.41, 5.74) is -0.0120. The molecule has 0 aliphatic heterocycles. The number of carbonyl (C=O) groups is 9. The molecule has 0 atom stereocenters. The fourth-order valence-corrected chi connectivity index (χ4v) is 23.5. The van der Waals surface area contributed by atoms with E-state index in [0.717, 1.165) is 0 Å². The average molecular weight is 2390 g/mol. The second-order valence-electron chi connectivity index (χ2n) is 22.6. The van der Waals surface area contributed by atoms with Gasteiger partial charge in [0.25, 0.3) is 35.4 Å². The van der Waals surface area contributed by atoms with E-state index in [1.165, 1.54) is 65.2 Å². The van der Waals surface area contributed by atoms with Crippen molar-refractivity contribution < 1.29 is 43.2 Å².